The molecule has 0 spiro atoms. The molecule has 0 saturated carbocycles. The minimum atomic E-state index is -0.741. The average Bonchev–Trinajstić information content (AvgIpc) is 2.33. The normalized spacial score (nSPS) is 37.5. The quantitative estimate of drug-likeness (QED) is 0.654. The van der Waals surface area contributed by atoms with Gasteiger partial charge in [-0.1, -0.05) is 6.92 Å². The highest BCUT2D eigenvalue weighted by Gasteiger charge is 2.36. The number of carboxylic acids is 1. The van der Waals surface area contributed by atoms with Crippen molar-refractivity contribution in [2.24, 2.45) is 0 Å². The monoisotopic (exact) mass is 175 g/mol. The summed E-state index contributed by atoms with van der Waals surface area (Å²) in [6.07, 6.45) is 0.960. The van der Waals surface area contributed by atoms with Gasteiger partial charge in [0.25, 0.3) is 0 Å². The van der Waals surface area contributed by atoms with Gasteiger partial charge in [-0.3, -0.25) is 10.1 Å². The Bertz CT molecular complexity index is 174. The fraction of sp³-hybridized carbons (Fsp3) is 0.857. The molecule has 0 aromatic heterocycles. The standard InChI is InChI=1S/C7H13NO2S/c1-3-7(2)8-5(4-11-7)6(9)10/h5,8H,3-4H2,1-2H3,(H,9,10)/t5-,7-/m1/s1. The summed E-state index contributed by atoms with van der Waals surface area (Å²) in [5, 5.41) is 11.7. The molecule has 64 valence electrons. The number of carbonyl (C=O) groups is 1. The first-order valence-electron chi connectivity index (χ1n) is 3.72. The van der Waals surface area contributed by atoms with Gasteiger partial charge in [-0.15, -0.1) is 11.8 Å². The van der Waals surface area contributed by atoms with E-state index in [9.17, 15) is 4.79 Å². The van der Waals surface area contributed by atoms with Gasteiger partial charge in [0.1, 0.15) is 6.04 Å². The van der Waals surface area contributed by atoms with Crippen LogP contribution in [-0.2, 0) is 4.79 Å². The van der Waals surface area contributed by atoms with Gasteiger partial charge in [0.2, 0.25) is 0 Å². The average molecular weight is 175 g/mol. The highest BCUT2D eigenvalue weighted by molar-refractivity contribution is 8.00. The van der Waals surface area contributed by atoms with E-state index in [1.807, 2.05) is 6.92 Å². The summed E-state index contributed by atoms with van der Waals surface area (Å²) >= 11 is 1.69. The van der Waals surface area contributed by atoms with Crippen molar-refractivity contribution in [2.45, 2.75) is 31.2 Å². The van der Waals surface area contributed by atoms with Crippen LogP contribution in [0.1, 0.15) is 20.3 Å². The predicted octanol–water partition coefficient (Wildman–Crippen LogP) is 0.902. The molecule has 0 aliphatic carbocycles. The smallest absolute Gasteiger partial charge is 0.321 e. The molecule has 1 saturated heterocycles. The fourth-order valence-corrected chi connectivity index (χ4v) is 2.25. The summed E-state index contributed by atoms with van der Waals surface area (Å²) in [4.78, 5) is 10.5. The maximum atomic E-state index is 10.5. The summed E-state index contributed by atoms with van der Waals surface area (Å²) in [5.41, 5.74) is 0. The van der Waals surface area contributed by atoms with Crippen LogP contribution < -0.4 is 5.32 Å². The lowest BCUT2D eigenvalue weighted by atomic mass is 10.2. The molecule has 0 amide bonds. The second kappa shape index (κ2) is 3.03. The van der Waals surface area contributed by atoms with Gasteiger partial charge in [-0.2, -0.15) is 0 Å². The van der Waals surface area contributed by atoms with Crippen LogP contribution in [0.2, 0.25) is 0 Å². The molecular weight excluding hydrogens is 162 g/mol. The van der Waals surface area contributed by atoms with Crippen LogP contribution in [0.15, 0.2) is 0 Å². The number of carboxylic acid groups (broad SMARTS) is 1. The van der Waals surface area contributed by atoms with Gasteiger partial charge in [0, 0.05) is 5.75 Å². The molecule has 2 N–H and O–H groups in total. The second-order valence-corrected chi connectivity index (χ2v) is 4.45. The molecule has 4 heteroatoms. The van der Waals surface area contributed by atoms with E-state index in [1.165, 1.54) is 0 Å². The van der Waals surface area contributed by atoms with Gasteiger partial charge in [-0.05, 0) is 13.3 Å². The Labute approximate surface area is 70.6 Å². The van der Waals surface area contributed by atoms with E-state index < -0.39 is 5.97 Å². The van der Waals surface area contributed by atoms with Crippen molar-refractivity contribution < 1.29 is 9.90 Å². The first-order chi connectivity index (χ1) is 5.07. The van der Waals surface area contributed by atoms with Crippen molar-refractivity contribution in [1.29, 1.82) is 0 Å². The highest BCUT2D eigenvalue weighted by Crippen LogP contribution is 2.32. The van der Waals surface area contributed by atoms with Crippen LogP contribution in [0.4, 0.5) is 0 Å². The zero-order chi connectivity index (χ0) is 8.48. The highest BCUT2D eigenvalue weighted by atomic mass is 32.2. The van der Waals surface area contributed by atoms with Gasteiger partial charge >= 0.3 is 5.97 Å². The molecule has 0 aromatic carbocycles. The largest absolute Gasteiger partial charge is 0.480 e. The summed E-state index contributed by atoms with van der Waals surface area (Å²) in [7, 11) is 0. The van der Waals surface area contributed by atoms with E-state index in [0.717, 1.165) is 6.42 Å². The van der Waals surface area contributed by atoms with Gasteiger partial charge in [0.05, 0.1) is 4.87 Å². The lowest BCUT2D eigenvalue weighted by Gasteiger charge is -2.21. The van der Waals surface area contributed by atoms with Crippen LogP contribution in [0.5, 0.6) is 0 Å². The lowest BCUT2D eigenvalue weighted by Crippen LogP contribution is -2.42. The SMILES string of the molecule is CC[C@]1(C)N[C@@H](C(=O)O)CS1. The Kier molecular flexibility index (Phi) is 2.44. The molecule has 3 nitrogen and oxygen atoms in total. The van der Waals surface area contributed by atoms with Crippen LogP contribution in [-0.4, -0.2) is 27.7 Å². The predicted molar refractivity (Wildman–Crippen MR) is 45.7 cm³/mol. The molecule has 0 bridgehead atoms. The molecule has 1 aliphatic heterocycles. The Morgan fingerprint density at radius 3 is 2.82 bits per heavy atom. The van der Waals surface area contributed by atoms with Gasteiger partial charge in [-0.25, -0.2) is 0 Å². The number of hydrogen-bond acceptors (Lipinski definition) is 3. The first-order valence-corrected chi connectivity index (χ1v) is 4.70. The molecule has 2 atom stereocenters. The summed E-state index contributed by atoms with van der Waals surface area (Å²) in [6, 6.07) is -0.357. The van der Waals surface area contributed by atoms with Crippen molar-refractivity contribution >= 4 is 17.7 Å². The minimum absolute atomic E-state index is 0.0247. The van der Waals surface area contributed by atoms with E-state index in [2.05, 4.69) is 12.2 Å². The van der Waals surface area contributed by atoms with E-state index >= 15 is 0 Å². The topological polar surface area (TPSA) is 49.3 Å². The maximum Gasteiger partial charge on any atom is 0.321 e. The number of hydrogen-bond donors (Lipinski definition) is 2. The molecule has 0 unspecified atom stereocenters. The van der Waals surface area contributed by atoms with Crippen molar-refractivity contribution in [3.8, 4) is 0 Å². The summed E-state index contributed by atoms with van der Waals surface area (Å²) in [6.45, 7) is 4.10. The zero-order valence-electron chi connectivity index (χ0n) is 6.76. The van der Waals surface area contributed by atoms with Crippen molar-refractivity contribution in [2.75, 3.05) is 5.75 Å². The van der Waals surface area contributed by atoms with Gasteiger partial charge in [0.15, 0.2) is 0 Å². The molecular formula is C7H13NO2S. The molecule has 1 aliphatic rings. The van der Waals surface area contributed by atoms with Crippen LogP contribution in [0.25, 0.3) is 0 Å². The molecule has 1 heterocycles. The van der Waals surface area contributed by atoms with Crippen LogP contribution in [0.3, 0.4) is 0 Å². The third-order valence-electron chi connectivity index (χ3n) is 2.02. The molecule has 11 heavy (non-hydrogen) atoms. The number of thioether (sulfide) groups is 1. The minimum Gasteiger partial charge on any atom is -0.480 e. The number of rotatable bonds is 2. The van der Waals surface area contributed by atoms with Crippen LogP contribution in [0, 0.1) is 0 Å². The third-order valence-corrected chi connectivity index (χ3v) is 3.56. The zero-order valence-corrected chi connectivity index (χ0v) is 7.57. The first kappa shape index (κ1) is 8.87. The van der Waals surface area contributed by atoms with Gasteiger partial charge < -0.3 is 5.11 Å². The third kappa shape index (κ3) is 1.87. The lowest BCUT2D eigenvalue weighted by molar-refractivity contribution is -0.138. The van der Waals surface area contributed by atoms with E-state index in [1.54, 1.807) is 11.8 Å². The van der Waals surface area contributed by atoms with E-state index in [0.29, 0.717) is 5.75 Å². The summed E-state index contributed by atoms with van der Waals surface area (Å²) in [5.74, 6) is -0.0608. The number of aliphatic carboxylic acids is 1. The number of nitrogens with one attached hydrogen (secondary N) is 1. The fourth-order valence-electron chi connectivity index (χ4n) is 1.06. The Balaban J connectivity index is 2.53. The van der Waals surface area contributed by atoms with Crippen LogP contribution >= 0.6 is 11.8 Å². The van der Waals surface area contributed by atoms with Crippen molar-refractivity contribution in [3.63, 3.8) is 0 Å². The molecule has 1 fully saturated rings. The van der Waals surface area contributed by atoms with Crippen molar-refractivity contribution in [3.05, 3.63) is 0 Å². The Morgan fingerprint density at radius 1 is 1.91 bits per heavy atom. The maximum absolute atomic E-state index is 10.5. The Hall–Kier alpha value is -0.220. The second-order valence-electron chi connectivity index (χ2n) is 2.93. The Morgan fingerprint density at radius 2 is 2.55 bits per heavy atom. The molecule has 0 radical (unpaired) electrons. The van der Waals surface area contributed by atoms with Crippen molar-refractivity contribution in [1.82, 2.24) is 5.32 Å². The molecule has 0 aromatic rings. The van der Waals surface area contributed by atoms with E-state index in [4.69, 9.17) is 5.11 Å². The summed E-state index contributed by atoms with van der Waals surface area (Å²) < 4.78 is 0. The van der Waals surface area contributed by atoms with E-state index in [-0.39, 0.29) is 10.9 Å². The molecule has 1 rings (SSSR count).